The topological polar surface area (TPSA) is 78.9 Å². The van der Waals surface area contributed by atoms with E-state index < -0.39 is 5.97 Å². The Kier molecular flexibility index (Phi) is 6.01. The summed E-state index contributed by atoms with van der Waals surface area (Å²) < 4.78 is 5.25. The smallest absolute Gasteiger partial charge is 0.329 e. The van der Waals surface area contributed by atoms with Crippen LogP contribution in [-0.4, -0.2) is 54.4 Å². The third kappa shape index (κ3) is 5.35. The molecule has 2 heterocycles. The minimum atomic E-state index is -0.955. The Hall–Kier alpha value is -1.60. The lowest BCUT2D eigenvalue weighted by Gasteiger charge is -2.31. The number of carbonyl (C=O) groups excluding carboxylic acids is 1. The number of thiophene rings is 1. The molecule has 0 bridgehead atoms. The molecule has 0 aliphatic carbocycles. The second-order valence-electron chi connectivity index (χ2n) is 4.95. The fourth-order valence-corrected chi connectivity index (χ4v) is 2.98. The van der Waals surface area contributed by atoms with E-state index in [1.54, 1.807) is 16.2 Å². The number of nitrogens with zero attached hydrogens (tertiary/aromatic N) is 1. The highest BCUT2D eigenvalue weighted by Crippen LogP contribution is 2.14. The second-order valence-corrected chi connectivity index (χ2v) is 5.98. The van der Waals surface area contributed by atoms with Crippen LogP contribution in [0.1, 0.15) is 17.7 Å². The van der Waals surface area contributed by atoms with E-state index in [1.165, 1.54) is 4.88 Å². The van der Waals surface area contributed by atoms with Crippen LogP contribution in [0, 0.1) is 0 Å². The van der Waals surface area contributed by atoms with Gasteiger partial charge in [-0.15, -0.1) is 11.3 Å². The number of hydrogen-bond acceptors (Lipinski definition) is 4. The van der Waals surface area contributed by atoms with E-state index in [9.17, 15) is 9.59 Å². The van der Waals surface area contributed by atoms with Crippen molar-refractivity contribution < 1.29 is 19.4 Å². The van der Waals surface area contributed by atoms with E-state index in [0.717, 1.165) is 6.42 Å². The Labute approximate surface area is 127 Å². The summed E-state index contributed by atoms with van der Waals surface area (Å²) in [7, 11) is 0. The molecule has 1 aliphatic heterocycles. The minimum Gasteiger partial charge on any atom is -0.480 e. The predicted molar refractivity (Wildman–Crippen MR) is 79.6 cm³/mol. The first kappa shape index (κ1) is 15.8. The van der Waals surface area contributed by atoms with Gasteiger partial charge >= 0.3 is 12.0 Å². The van der Waals surface area contributed by atoms with Crippen molar-refractivity contribution in [2.45, 2.75) is 25.4 Å². The van der Waals surface area contributed by atoms with Crippen molar-refractivity contribution >= 4 is 23.3 Å². The molecule has 0 aromatic carbocycles. The third-order valence-electron chi connectivity index (χ3n) is 3.40. The maximum absolute atomic E-state index is 12.0. The van der Waals surface area contributed by atoms with Gasteiger partial charge in [-0.1, -0.05) is 6.07 Å². The summed E-state index contributed by atoms with van der Waals surface area (Å²) in [5, 5.41) is 13.5. The third-order valence-corrected chi connectivity index (χ3v) is 4.34. The van der Waals surface area contributed by atoms with Crippen LogP contribution >= 0.6 is 11.3 Å². The highest BCUT2D eigenvalue weighted by atomic mass is 32.1. The number of likely N-dealkylation sites (tertiary alicyclic amines) is 1. The molecule has 6 nitrogen and oxygen atoms in total. The first-order valence-corrected chi connectivity index (χ1v) is 7.91. The average molecular weight is 312 g/mol. The largest absolute Gasteiger partial charge is 0.480 e. The van der Waals surface area contributed by atoms with Gasteiger partial charge in [0, 0.05) is 24.5 Å². The van der Waals surface area contributed by atoms with Crippen molar-refractivity contribution in [2.75, 3.05) is 26.2 Å². The normalized spacial score (nSPS) is 15.9. The number of piperidine rings is 1. The zero-order valence-electron chi connectivity index (χ0n) is 11.8. The van der Waals surface area contributed by atoms with Gasteiger partial charge in [0.1, 0.15) is 6.61 Å². The molecular formula is C14H20N2O4S. The first-order chi connectivity index (χ1) is 10.1. The van der Waals surface area contributed by atoms with Gasteiger partial charge in [-0.3, -0.25) is 0 Å². The van der Waals surface area contributed by atoms with E-state index in [4.69, 9.17) is 9.84 Å². The number of urea groups is 1. The number of rotatable bonds is 6. The van der Waals surface area contributed by atoms with E-state index in [2.05, 4.69) is 11.4 Å². The number of hydrogen-bond donors (Lipinski definition) is 2. The molecule has 1 aliphatic rings. The van der Waals surface area contributed by atoms with Crippen LogP contribution in [0.5, 0.6) is 0 Å². The number of carboxylic acid groups (broad SMARTS) is 1. The van der Waals surface area contributed by atoms with Crippen molar-refractivity contribution in [3.8, 4) is 0 Å². The zero-order chi connectivity index (χ0) is 15.1. The van der Waals surface area contributed by atoms with Gasteiger partial charge in [0.15, 0.2) is 0 Å². The number of carbonyl (C=O) groups is 2. The molecule has 21 heavy (non-hydrogen) atoms. The Morgan fingerprint density at radius 1 is 1.43 bits per heavy atom. The van der Waals surface area contributed by atoms with Gasteiger partial charge < -0.3 is 20.1 Å². The molecule has 0 unspecified atom stereocenters. The van der Waals surface area contributed by atoms with E-state index in [0.29, 0.717) is 32.5 Å². The van der Waals surface area contributed by atoms with Crippen LogP contribution in [0.2, 0.25) is 0 Å². The Balaban J connectivity index is 1.62. The van der Waals surface area contributed by atoms with Crippen molar-refractivity contribution in [3.05, 3.63) is 22.4 Å². The molecule has 116 valence electrons. The van der Waals surface area contributed by atoms with Crippen molar-refractivity contribution in [1.29, 1.82) is 0 Å². The van der Waals surface area contributed by atoms with Gasteiger partial charge in [-0.25, -0.2) is 9.59 Å². The van der Waals surface area contributed by atoms with Crippen LogP contribution in [0.15, 0.2) is 17.5 Å². The average Bonchev–Trinajstić information content (AvgIpc) is 2.99. The van der Waals surface area contributed by atoms with Gasteiger partial charge in [-0.05, 0) is 30.7 Å². The standard InChI is InChI=1S/C14H20N2O4S/c17-13(18)10-20-11-4-7-16(8-5-11)14(19)15-6-3-12-2-1-9-21-12/h1-2,9,11H,3-8,10H2,(H,15,19)(H,17,18). The number of nitrogens with one attached hydrogen (secondary N) is 1. The molecule has 0 radical (unpaired) electrons. The lowest BCUT2D eigenvalue weighted by atomic mass is 10.1. The molecule has 2 amide bonds. The molecule has 1 fully saturated rings. The van der Waals surface area contributed by atoms with Crippen LogP contribution in [0.25, 0.3) is 0 Å². The van der Waals surface area contributed by atoms with Crippen molar-refractivity contribution in [3.63, 3.8) is 0 Å². The van der Waals surface area contributed by atoms with Gasteiger partial charge in [0.2, 0.25) is 0 Å². The monoisotopic (exact) mass is 312 g/mol. The molecule has 2 rings (SSSR count). The summed E-state index contributed by atoms with van der Waals surface area (Å²) >= 11 is 1.69. The molecule has 1 aromatic rings. The van der Waals surface area contributed by atoms with Crippen molar-refractivity contribution in [2.24, 2.45) is 0 Å². The van der Waals surface area contributed by atoms with Crippen LogP contribution in [-0.2, 0) is 16.0 Å². The van der Waals surface area contributed by atoms with Gasteiger partial charge in [-0.2, -0.15) is 0 Å². The SMILES string of the molecule is O=C(O)COC1CCN(C(=O)NCCc2cccs2)CC1. The quantitative estimate of drug-likeness (QED) is 0.835. The summed E-state index contributed by atoms with van der Waals surface area (Å²) in [6, 6.07) is 4.01. The molecule has 0 atom stereocenters. The first-order valence-electron chi connectivity index (χ1n) is 7.03. The lowest BCUT2D eigenvalue weighted by molar-refractivity contribution is -0.145. The van der Waals surface area contributed by atoms with Crippen LogP contribution in [0.3, 0.4) is 0 Å². The molecular weight excluding hydrogens is 292 g/mol. The van der Waals surface area contributed by atoms with Gasteiger partial charge in [0.25, 0.3) is 0 Å². The number of aliphatic carboxylic acids is 1. The van der Waals surface area contributed by atoms with Crippen LogP contribution < -0.4 is 5.32 Å². The molecule has 1 saturated heterocycles. The number of ether oxygens (including phenoxy) is 1. The number of amides is 2. The Bertz CT molecular complexity index is 456. The van der Waals surface area contributed by atoms with Crippen LogP contribution in [0.4, 0.5) is 4.79 Å². The highest BCUT2D eigenvalue weighted by Gasteiger charge is 2.23. The molecule has 2 N–H and O–H groups in total. The molecule has 1 aromatic heterocycles. The molecule has 7 heteroatoms. The highest BCUT2D eigenvalue weighted by molar-refractivity contribution is 7.09. The number of carboxylic acids is 1. The predicted octanol–water partition coefficient (Wildman–Crippen LogP) is 1.57. The Morgan fingerprint density at radius 2 is 2.19 bits per heavy atom. The Morgan fingerprint density at radius 3 is 2.81 bits per heavy atom. The lowest BCUT2D eigenvalue weighted by Crippen LogP contribution is -2.46. The van der Waals surface area contributed by atoms with Crippen molar-refractivity contribution in [1.82, 2.24) is 10.2 Å². The van der Waals surface area contributed by atoms with E-state index in [1.807, 2.05) is 11.4 Å². The van der Waals surface area contributed by atoms with E-state index >= 15 is 0 Å². The summed E-state index contributed by atoms with van der Waals surface area (Å²) in [5.41, 5.74) is 0. The van der Waals surface area contributed by atoms with Gasteiger partial charge in [0.05, 0.1) is 6.10 Å². The molecule has 0 saturated carbocycles. The minimum absolute atomic E-state index is 0.0526. The summed E-state index contributed by atoms with van der Waals surface area (Å²) in [6.45, 7) is 1.58. The fourth-order valence-electron chi connectivity index (χ4n) is 2.27. The summed E-state index contributed by atoms with van der Waals surface area (Å²) in [5.74, 6) is -0.955. The molecule has 0 spiro atoms. The fraction of sp³-hybridized carbons (Fsp3) is 0.571. The van der Waals surface area contributed by atoms with E-state index in [-0.39, 0.29) is 18.7 Å². The maximum atomic E-state index is 12.0. The summed E-state index contributed by atoms with van der Waals surface area (Å²) in [4.78, 5) is 25.4. The summed E-state index contributed by atoms with van der Waals surface area (Å²) in [6.07, 6.45) is 2.16. The second kappa shape index (κ2) is 7.99. The maximum Gasteiger partial charge on any atom is 0.329 e. The zero-order valence-corrected chi connectivity index (χ0v) is 12.6.